The maximum absolute atomic E-state index is 5.37. The summed E-state index contributed by atoms with van der Waals surface area (Å²) in [5.74, 6) is 0.806. The van der Waals surface area contributed by atoms with Crippen molar-refractivity contribution in [3.05, 3.63) is 27.9 Å². The predicted molar refractivity (Wildman–Crippen MR) is 69.5 cm³/mol. The molecular formula is C11H13BrN2OS. The first-order valence-electron chi connectivity index (χ1n) is 5.08. The lowest BCUT2D eigenvalue weighted by Gasteiger charge is -2.04. The second kappa shape index (κ2) is 5.12. The first-order valence-corrected chi connectivity index (χ1v) is 6.69. The van der Waals surface area contributed by atoms with Crippen LogP contribution in [0.2, 0.25) is 0 Å². The SMILES string of the molecule is CC(C)NCc1cnc(-c2occc2Br)s1. The first-order chi connectivity index (χ1) is 7.66. The molecule has 0 aliphatic heterocycles. The molecule has 0 atom stereocenters. The van der Waals surface area contributed by atoms with Crippen LogP contribution in [0.15, 0.2) is 27.4 Å². The molecule has 2 aromatic heterocycles. The highest BCUT2D eigenvalue weighted by Gasteiger charge is 2.11. The van der Waals surface area contributed by atoms with Crippen LogP contribution in [0.4, 0.5) is 0 Å². The summed E-state index contributed by atoms with van der Waals surface area (Å²) in [4.78, 5) is 5.57. The van der Waals surface area contributed by atoms with Crippen molar-refractivity contribution < 1.29 is 4.42 Å². The van der Waals surface area contributed by atoms with Gasteiger partial charge in [0, 0.05) is 23.7 Å². The van der Waals surface area contributed by atoms with Gasteiger partial charge in [-0.3, -0.25) is 0 Å². The van der Waals surface area contributed by atoms with Gasteiger partial charge in [0.15, 0.2) is 10.8 Å². The van der Waals surface area contributed by atoms with E-state index in [1.807, 2.05) is 12.3 Å². The largest absolute Gasteiger partial charge is 0.461 e. The Morgan fingerprint density at radius 2 is 2.38 bits per heavy atom. The number of halogens is 1. The minimum absolute atomic E-state index is 0.487. The summed E-state index contributed by atoms with van der Waals surface area (Å²) in [5.41, 5.74) is 0. The van der Waals surface area contributed by atoms with Crippen LogP contribution in [0.5, 0.6) is 0 Å². The Morgan fingerprint density at radius 1 is 1.56 bits per heavy atom. The maximum Gasteiger partial charge on any atom is 0.176 e. The number of nitrogens with zero attached hydrogens (tertiary/aromatic N) is 1. The van der Waals surface area contributed by atoms with Crippen molar-refractivity contribution in [2.24, 2.45) is 0 Å². The van der Waals surface area contributed by atoms with E-state index in [-0.39, 0.29) is 0 Å². The minimum Gasteiger partial charge on any atom is -0.461 e. The Hall–Kier alpha value is -0.650. The van der Waals surface area contributed by atoms with E-state index in [1.54, 1.807) is 17.6 Å². The Morgan fingerprint density at radius 3 is 3.00 bits per heavy atom. The summed E-state index contributed by atoms with van der Waals surface area (Å²) < 4.78 is 6.32. The Balaban J connectivity index is 2.11. The molecule has 0 aromatic carbocycles. The third-order valence-electron chi connectivity index (χ3n) is 2.05. The monoisotopic (exact) mass is 300 g/mol. The Kier molecular flexibility index (Phi) is 3.78. The molecule has 0 saturated carbocycles. The van der Waals surface area contributed by atoms with E-state index in [0.29, 0.717) is 6.04 Å². The van der Waals surface area contributed by atoms with Gasteiger partial charge in [-0.25, -0.2) is 4.98 Å². The number of aromatic nitrogens is 1. The number of furan rings is 1. The average molecular weight is 301 g/mol. The van der Waals surface area contributed by atoms with Crippen LogP contribution in [-0.2, 0) is 6.54 Å². The zero-order valence-corrected chi connectivity index (χ0v) is 11.6. The average Bonchev–Trinajstić information content (AvgIpc) is 2.83. The Bertz CT molecular complexity index is 464. The number of hydrogen-bond acceptors (Lipinski definition) is 4. The summed E-state index contributed by atoms with van der Waals surface area (Å²) >= 11 is 5.08. The molecule has 86 valence electrons. The molecule has 0 radical (unpaired) electrons. The second-order valence-electron chi connectivity index (χ2n) is 3.76. The highest BCUT2D eigenvalue weighted by molar-refractivity contribution is 9.10. The molecule has 0 bridgehead atoms. The van der Waals surface area contributed by atoms with Crippen molar-refractivity contribution in [3.8, 4) is 10.8 Å². The van der Waals surface area contributed by atoms with E-state index in [0.717, 1.165) is 21.8 Å². The van der Waals surface area contributed by atoms with Crippen molar-refractivity contribution in [2.45, 2.75) is 26.4 Å². The molecule has 2 aromatic rings. The van der Waals surface area contributed by atoms with Gasteiger partial charge in [0.25, 0.3) is 0 Å². The van der Waals surface area contributed by atoms with Crippen LogP contribution in [0.25, 0.3) is 10.8 Å². The third kappa shape index (κ3) is 2.72. The summed E-state index contributed by atoms with van der Waals surface area (Å²) in [6.45, 7) is 5.11. The highest BCUT2D eigenvalue weighted by Crippen LogP contribution is 2.32. The fourth-order valence-corrected chi connectivity index (χ4v) is 2.63. The maximum atomic E-state index is 5.37. The molecule has 0 fully saturated rings. The third-order valence-corrected chi connectivity index (χ3v) is 3.67. The van der Waals surface area contributed by atoms with Crippen molar-refractivity contribution in [2.75, 3.05) is 0 Å². The number of rotatable bonds is 4. The van der Waals surface area contributed by atoms with E-state index in [4.69, 9.17) is 4.42 Å². The van der Waals surface area contributed by atoms with Crippen molar-refractivity contribution in [3.63, 3.8) is 0 Å². The van der Waals surface area contributed by atoms with Crippen LogP contribution in [-0.4, -0.2) is 11.0 Å². The Labute approximate surface area is 107 Å². The molecule has 0 saturated heterocycles. The van der Waals surface area contributed by atoms with Crippen LogP contribution in [0.3, 0.4) is 0 Å². The molecule has 2 heterocycles. The lowest BCUT2D eigenvalue weighted by molar-refractivity contribution is 0.580. The van der Waals surface area contributed by atoms with E-state index in [1.165, 1.54) is 4.88 Å². The smallest absolute Gasteiger partial charge is 0.176 e. The molecular weight excluding hydrogens is 288 g/mol. The number of thiazole rings is 1. The predicted octanol–water partition coefficient (Wildman–Crippen LogP) is 3.66. The molecule has 5 heteroatoms. The molecule has 3 nitrogen and oxygen atoms in total. The summed E-state index contributed by atoms with van der Waals surface area (Å²) in [7, 11) is 0. The van der Waals surface area contributed by atoms with Gasteiger partial charge >= 0.3 is 0 Å². The lowest BCUT2D eigenvalue weighted by Crippen LogP contribution is -2.21. The highest BCUT2D eigenvalue weighted by atomic mass is 79.9. The molecule has 0 spiro atoms. The standard InChI is InChI=1S/C11H13BrN2OS/c1-7(2)13-5-8-6-14-11(16-8)10-9(12)3-4-15-10/h3-4,6-7,13H,5H2,1-2H3. The van der Waals surface area contributed by atoms with Crippen LogP contribution in [0, 0.1) is 0 Å². The van der Waals surface area contributed by atoms with Gasteiger partial charge in [0.05, 0.1) is 10.7 Å². The van der Waals surface area contributed by atoms with Gasteiger partial charge in [0.1, 0.15) is 0 Å². The molecule has 0 aliphatic rings. The van der Waals surface area contributed by atoms with Gasteiger partial charge in [-0.1, -0.05) is 13.8 Å². The minimum atomic E-state index is 0.487. The fraction of sp³-hybridized carbons (Fsp3) is 0.364. The van der Waals surface area contributed by atoms with Gasteiger partial charge in [-0.15, -0.1) is 11.3 Å². The van der Waals surface area contributed by atoms with Crippen LogP contribution in [0.1, 0.15) is 18.7 Å². The lowest BCUT2D eigenvalue weighted by atomic mass is 10.4. The molecule has 2 rings (SSSR count). The van der Waals surface area contributed by atoms with E-state index in [2.05, 4.69) is 40.1 Å². The van der Waals surface area contributed by atoms with Gasteiger partial charge in [-0.05, 0) is 22.0 Å². The zero-order valence-electron chi connectivity index (χ0n) is 9.16. The van der Waals surface area contributed by atoms with Crippen molar-refractivity contribution >= 4 is 27.3 Å². The summed E-state index contributed by atoms with van der Waals surface area (Å²) in [5, 5.41) is 4.28. The fourth-order valence-electron chi connectivity index (χ4n) is 1.25. The van der Waals surface area contributed by atoms with E-state index < -0.39 is 0 Å². The topological polar surface area (TPSA) is 38.1 Å². The molecule has 0 unspecified atom stereocenters. The quantitative estimate of drug-likeness (QED) is 0.936. The van der Waals surface area contributed by atoms with Gasteiger partial charge < -0.3 is 9.73 Å². The molecule has 1 N–H and O–H groups in total. The van der Waals surface area contributed by atoms with Crippen LogP contribution < -0.4 is 5.32 Å². The summed E-state index contributed by atoms with van der Waals surface area (Å²) in [6, 6.07) is 2.36. The van der Waals surface area contributed by atoms with E-state index in [9.17, 15) is 0 Å². The molecule has 0 amide bonds. The number of nitrogens with one attached hydrogen (secondary N) is 1. The zero-order chi connectivity index (χ0) is 11.5. The van der Waals surface area contributed by atoms with Gasteiger partial charge in [-0.2, -0.15) is 0 Å². The summed E-state index contributed by atoms with van der Waals surface area (Å²) in [6.07, 6.45) is 3.55. The van der Waals surface area contributed by atoms with E-state index >= 15 is 0 Å². The second-order valence-corrected chi connectivity index (χ2v) is 5.73. The first kappa shape index (κ1) is 11.8. The van der Waals surface area contributed by atoms with Crippen molar-refractivity contribution in [1.82, 2.24) is 10.3 Å². The normalized spacial score (nSPS) is 11.2. The molecule has 16 heavy (non-hydrogen) atoms. The molecule has 0 aliphatic carbocycles. The number of hydrogen-bond donors (Lipinski definition) is 1. The van der Waals surface area contributed by atoms with Crippen LogP contribution >= 0.6 is 27.3 Å². The van der Waals surface area contributed by atoms with Gasteiger partial charge in [0.2, 0.25) is 0 Å². The van der Waals surface area contributed by atoms with Crippen molar-refractivity contribution in [1.29, 1.82) is 0 Å².